The SMILES string of the molecule is CC(C)CN(CC(C)C)c1nc2ccc(N)cc2c(=O)[nH]1. The lowest BCUT2D eigenvalue weighted by atomic mass is 10.1. The number of nitrogens with zero attached hydrogens (tertiary/aromatic N) is 2. The molecule has 0 unspecified atom stereocenters. The summed E-state index contributed by atoms with van der Waals surface area (Å²) in [6.07, 6.45) is 0. The number of H-pyrrole nitrogens is 1. The average Bonchev–Trinajstić information content (AvgIpc) is 2.37. The zero-order valence-corrected chi connectivity index (χ0v) is 13.2. The molecule has 0 atom stereocenters. The second-order valence-corrected chi connectivity index (χ2v) is 6.36. The minimum Gasteiger partial charge on any atom is -0.399 e. The first-order valence-corrected chi connectivity index (χ1v) is 7.41. The molecule has 0 aliphatic carbocycles. The Kier molecular flexibility index (Phi) is 4.50. The zero-order valence-electron chi connectivity index (χ0n) is 13.2. The molecule has 114 valence electrons. The van der Waals surface area contributed by atoms with Crippen molar-refractivity contribution in [3.05, 3.63) is 28.6 Å². The average molecular weight is 288 g/mol. The largest absolute Gasteiger partial charge is 0.399 e. The van der Waals surface area contributed by atoms with Crippen LogP contribution in [0.2, 0.25) is 0 Å². The highest BCUT2D eigenvalue weighted by Gasteiger charge is 2.14. The minimum absolute atomic E-state index is 0.139. The Labute approximate surface area is 125 Å². The van der Waals surface area contributed by atoms with E-state index >= 15 is 0 Å². The van der Waals surface area contributed by atoms with Gasteiger partial charge in [-0.1, -0.05) is 27.7 Å². The first-order valence-electron chi connectivity index (χ1n) is 7.41. The van der Waals surface area contributed by atoms with Gasteiger partial charge in [0.05, 0.1) is 10.9 Å². The molecule has 0 amide bonds. The molecule has 0 bridgehead atoms. The molecule has 0 aliphatic heterocycles. The Morgan fingerprint density at radius 3 is 2.38 bits per heavy atom. The lowest BCUT2D eigenvalue weighted by Gasteiger charge is -2.26. The van der Waals surface area contributed by atoms with Gasteiger partial charge in [0.15, 0.2) is 0 Å². The summed E-state index contributed by atoms with van der Waals surface area (Å²) in [4.78, 5) is 21.9. The van der Waals surface area contributed by atoms with E-state index < -0.39 is 0 Å². The van der Waals surface area contributed by atoms with Gasteiger partial charge in [-0.2, -0.15) is 0 Å². The highest BCUT2D eigenvalue weighted by Crippen LogP contribution is 2.16. The molecule has 2 aromatic rings. The van der Waals surface area contributed by atoms with Crippen LogP contribution in [-0.2, 0) is 0 Å². The fourth-order valence-electron chi connectivity index (χ4n) is 2.42. The third kappa shape index (κ3) is 3.74. The second kappa shape index (κ2) is 6.16. The van der Waals surface area contributed by atoms with Crippen LogP contribution in [0.1, 0.15) is 27.7 Å². The Bertz CT molecular complexity index is 666. The molecule has 3 N–H and O–H groups in total. The lowest BCUT2D eigenvalue weighted by molar-refractivity contribution is 0.544. The molecule has 0 spiro atoms. The van der Waals surface area contributed by atoms with Gasteiger partial charge in [-0.3, -0.25) is 9.78 Å². The molecule has 2 rings (SSSR count). The van der Waals surface area contributed by atoms with Crippen LogP contribution in [0.3, 0.4) is 0 Å². The molecule has 0 saturated carbocycles. The molecule has 0 saturated heterocycles. The van der Waals surface area contributed by atoms with E-state index in [1.165, 1.54) is 0 Å². The van der Waals surface area contributed by atoms with Crippen LogP contribution in [0.15, 0.2) is 23.0 Å². The molecule has 1 aromatic carbocycles. The van der Waals surface area contributed by atoms with Crippen LogP contribution >= 0.6 is 0 Å². The maximum Gasteiger partial charge on any atom is 0.260 e. The third-order valence-electron chi connectivity index (χ3n) is 3.19. The van der Waals surface area contributed by atoms with Gasteiger partial charge < -0.3 is 10.6 Å². The van der Waals surface area contributed by atoms with Crippen LogP contribution in [0, 0.1) is 11.8 Å². The summed E-state index contributed by atoms with van der Waals surface area (Å²) in [7, 11) is 0. The number of fused-ring (bicyclic) bond motifs is 1. The maximum atomic E-state index is 12.2. The van der Waals surface area contributed by atoms with Crippen LogP contribution < -0.4 is 16.2 Å². The van der Waals surface area contributed by atoms with E-state index in [9.17, 15) is 4.79 Å². The Morgan fingerprint density at radius 2 is 1.81 bits per heavy atom. The number of hydrogen-bond acceptors (Lipinski definition) is 4. The molecule has 5 nitrogen and oxygen atoms in total. The Hall–Kier alpha value is -2.04. The number of nitrogens with one attached hydrogen (secondary N) is 1. The molecular formula is C16H24N4O. The number of aromatic amines is 1. The van der Waals surface area contributed by atoms with Crippen LogP contribution in [-0.4, -0.2) is 23.1 Å². The minimum atomic E-state index is -0.139. The van der Waals surface area contributed by atoms with Gasteiger partial charge in [0, 0.05) is 18.8 Å². The normalized spacial score (nSPS) is 11.5. The predicted octanol–water partition coefficient (Wildman–Crippen LogP) is 2.62. The number of benzene rings is 1. The summed E-state index contributed by atoms with van der Waals surface area (Å²) in [5.41, 5.74) is 6.85. The third-order valence-corrected chi connectivity index (χ3v) is 3.19. The molecule has 5 heteroatoms. The van der Waals surface area contributed by atoms with E-state index in [1.54, 1.807) is 18.2 Å². The number of aromatic nitrogens is 2. The molecule has 21 heavy (non-hydrogen) atoms. The van der Waals surface area contributed by atoms with Gasteiger partial charge in [-0.25, -0.2) is 4.98 Å². The van der Waals surface area contributed by atoms with Gasteiger partial charge in [0.25, 0.3) is 5.56 Å². The number of hydrogen-bond donors (Lipinski definition) is 2. The Morgan fingerprint density at radius 1 is 1.19 bits per heavy atom. The summed E-state index contributed by atoms with van der Waals surface area (Å²) in [5.74, 6) is 1.63. The predicted molar refractivity (Wildman–Crippen MR) is 88.7 cm³/mol. The Balaban J connectivity index is 2.47. The molecule has 1 heterocycles. The lowest BCUT2D eigenvalue weighted by Crippen LogP contribution is -2.34. The number of nitrogens with two attached hydrogens (primary N) is 1. The van der Waals surface area contributed by atoms with Crippen LogP contribution in [0.25, 0.3) is 10.9 Å². The molecule has 0 radical (unpaired) electrons. The summed E-state index contributed by atoms with van der Waals surface area (Å²) >= 11 is 0. The fourth-order valence-corrected chi connectivity index (χ4v) is 2.42. The molecule has 0 fully saturated rings. The van der Waals surface area contributed by atoms with Crippen molar-refractivity contribution in [1.29, 1.82) is 0 Å². The van der Waals surface area contributed by atoms with Crippen molar-refractivity contribution >= 4 is 22.5 Å². The van der Waals surface area contributed by atoms with E-state index in [-0.39, 0.29) is 5.56 Å². The van der Waals surface area contributed by atoms with Gasteiger partial charge in [-0.05, 0) is 30.0 Å². The quantitative estimate of drug-likeness (QED) is 0.829. The van der Waals surface area contributed by atoms with Gasteiger partial charge in [-0.15, -0.1) is 0 Å². The van der Waals surface area contributed by atoms with Crippen molar-refractivity contribution in [1.82, 2.24) is 9.97 Å². The smallest absolute Gasteiger partial charge is 0.260 e. The van der Waals surface area contributed by atoms with E-state index in [4.69, 9.17) is 5.73 Å². The number of rotatable bonds is 5. The highest BCUT2D eigenvalue weighted by molar-refractivity contribution is 5.81. The number of anilines is 2. The fraction of sp³-hybridized carbons (Fsp3) is 0.500. The topological polar surface area (TPSA) is 75.0 Å². The van der Waals surface area contributed by atoms with E-state index in [1.807, 2.05) is 0 Å². The second-order valence-electron chi connectivity index (χ2n) is 6.36. The monoisotopic (exact) mass is 288 g/mol. The summed E-state index contributed by atoms with van der Waals surface area (Å²) in [6.45, 7) is 10.4. The van der Waals surface area contributed by atoms with Crippen molar-refractivity contribution in [3.8, 4) is 0 Å². The summed E-state index contributed by atoms with van der Waals surface area (Å²) in [6, 6.07) is 5.24. The zero-order chi connectivity index (χ0) is 15.6. The first-order chi connectivity index (χ1) is 9.86. The van der Waals surface area contributed by atoms with Crippen molar-refractivity contribution in [2.24, 2.45) is 11.8 Å². The summed E-state index contributed by atoms with van der Waals surface area (Å²) in [5, 5.41) is 0.535. The summed E-state index contributed by atoms with van der Waals surface area (Å²) < 4.78 is 0. The van der Waals surface area contributed by atoms with Crippen molar-refractivity contribution in [2.75, 3.05) is 23.7 Å². The van der Waals surface area contributed by atoms with Crippen molar-refractivity contribution < 1.29 is 0 Å². The van der Waals surface area contributed by atoms with E-state index in [2.05, 4.69) is 42.6 Å². The molecule has 1 aromatic heterocycles. The maximum absolute atomic E-state index is 12.2. The van der Waals surface area contributed by atoms with Gasteiger partial charge in [0.2, 0.25) is 5.95 Å². The van der Waals surface area contributed by atoms with Gasteiger partial charge >= 0.3 is 0 Å². The van der Waals surface area contributed by atoms with E-state index in [0.717, 1.165) is 13.1 Å². The molecule has 0 aliphatic rings. The highest BCUT2D eigenvalue weighted by atomic mass is 16.1. The number of nitrogen functional groups attached to an aromatic ring is 1. The van der Waals surface area contributed by atoms with E-state index in [0.29, 0.717) is 34.4 Å². The van der Waals surface area contributed by atoms with Crippen molar-refractivity contribution in [2.45, 2.75) is 27.7 Å². The molecular weight excluding hydrogens is 264 g/mol. The van der Waals surface area contributed by atoms with Crippen molar-refractivity contribution in [3.63, 3.8) is 0 Å². The first kappa shape index (κ1) is 15.4. The standard InChI is InChI=1S/C16H24N4O/c1-10(2)8-20(9-11(3)4)16-18-14-6-5-12(17)7-13(14)15(21)19-16/h5-7,10-11H,8-9,17H2,1-4H3,(H,18,19,21). The van der Waals surface area contributed by atoms with Gasteiger partial charge in [0.1, 0.15) is 0 Å². The van der Waals surface area contributed by atoms with Crippen LogP contribution in [0.4, 0.5) is 11.6 Å². The van der Waals surface area contributed by atoms with Crippen LogP contribution in [0.5, 0.6) is 0 Å².